The second-order valence-electron chi connectivity index (χ2n) is 1.95. The smallest absolute Gasteiger partial charge is 0.351 e. The highest BCUT2D eigenvalue weighted by Gasteiger charge is 2.30. The minimum Gasteiger partial charge on any atom is -0.478 e. The summed E-state index contributed by atoms with van der Waals surface area (Å²) in [6.45, 7) is 0. The molecule has 1 heterocycles. The number of aliphatic carboxylic acids is 1. The van der Waals surface area contributed by atoms with E-state index in [1.54, 1.807) is 0 Å². The molecule has 0 aliphatic carbocycles. The van der Waals surface area contributed by atoms with Crippen molar-refractivity contribution in [1.29, 1.82) is 0 Å². The number of rotatable bonds is 4. The van der Waals surface area contributed by atoms with Gasteiger partial charge >= 0.3 is 5.97 Å². The first-order chi connectivity index (χ1) is 6.11. The number of ether oxygens (including phenoxy) is 1. The van der Waals surface area contributed by atoms with E-state index in [1.165, 1.54) is 5.38 Å². The summed E-state index contributed by atoms with van der Waals surface area (Å²) >= 11 is 0.881. The molecule has 0 radical (unpaired) electrons. The summed E-state index contributed by atoms with van der Waals surface area (Å²) in [4.78, 5) is 10.2. The van der Waals surface area contributed by atoms with Crippen LogP contribution in [0.25, 0.3) is 0 Å². The molecule has 0 bridgehead atoms. The van der Waals surface area contributed by atoms with Crippen LogP contribution in [0.1, 0.15) is 0 Å². The van der Waals surface area contributed by atoms with E-state index in [0.29, 0.717) is 0 Å². The van der Waals surface area contributed by atoms with E-state index >= 15 is 0 Å². The van der Waals surface area contributed by atoms with Gasteiger partial charge in [-0.3, -0.25) is 0 Å². The van der Waals surface area contributed by atoms with Crippen molar-refractivity contribution in [3.05, 3.63) is 5.38 Å². The van der Waals surface area contributed by atoms with Gasteiger partial charge in [0.1, 0.15) is 0 Å². The molecule has 13 heavy (non-hydrogen) atoms. The highest BCUT2D eigenvalue weighted by molar-refractivity contribution is 7.03. The van der Waals surface area contributed by atoms with Crippen LogP contribution >= 0.6 is 11.5 Å². The molecular weight excluding hydrogens is 206 g/mol. The number of halogens is 2. The van der Waals surface area contributed by atoms with Gasteiger partial charge in [-0.05, 0) is 11.5 Å². The predicted molar refractivity (Wildman–Crippen MR) is 38.0 cm³/mol. The second kappa shape index (κ2) is 4.08. The van der Waals surface area contributed by atoms with Crippen molar-refractivity contribution in [3.63, 3.8) is 0 Å². The van der Waals surface area contributed by atoms with Crippen LogP contribution in [0.3, 0.4) is 0 Å². The summed E-state index contributed by atoms with van der Waals surface area (Å²) in [7, 11) is 0. The van der Waals surface area contributed by atoms with E-state index in [9.17, 15) is 13.6 Å². The Kier molecular flexibility index (Phi) is 3.07. The van der Waals surface area contributed by atoms with Gasteiger partial charge in [0.05, 0.1) is 5.38 Å². The Hall–Kier alpha value is -1.31. The predicted octanol–water partition coefficient (Wildman–Crippen LogP) is 0.635. The van der Waals surface area contributed by atoms with E-state index in [2.05, 4.69) is 14.3 Å². The summed E-state index contributed by atoms with van der Waals surface area (Å²) in [6, 6.07) is 0. The van der Waals surface area contributed by atoms with Crippen LogP contribution < -0.4 is 4.74 Å². The lowest BCUT2D eigenvalue weighted by atomic mass is 10.4. The summed E-state index contributed by atoms with van der Waals surface area (Å²) in [5.74, 6) is -1.94. The highest BCUT2D eigenvalue weighted by Crippen LogP contribution is 2.13. The molecule has 1 aromatic heterocycles. The third-order valence-corrected chi connectivity index (χ3v) is 1.54. The summed E-state index contributed by atoms with van der Waals surface area (Å²) < 4.78 is 31.7. The molecule has 0 aliphatic heterocycles. The molecular formula is C5H4F2N2O3S. The van der Waals surface area contributed by atoms with E-state index < -0.39 is 18.5 Å². The topological polar surface area (TPSA) is 72.3 Å². The Labute approximate surface area is 75.1 Å². The van der Waals surface area contributed by atoms with Crippen molar-refractivity contribution in [1.82, 2.24) is 9.59 Å². The fourth-order valence-electron chi connectivity index (χ4n) is 0.547. The fraction of sp³-hybridized carbons (Fsp3) is 0.400. The van der Waals surface area contributed by atoms with Crippen molar-refractivity contribution in [3.8, 4) is 5.88 Å². The maximum Gasteiger partial charge on any atom is 0.351 e. The number of carboxylic acids is 1. The number of hydrogen-bond donors (Lipinski definition) is 1. The zero-order chi connectivity index (χ0) is 9.84. The van der Waals surface area contributed by atoms with Crippen LogP contribution in [-0.2, 0) is 4.79 Å². The molecule has 1 atom stereocenters. The van der Waals surface area contributed by atoms with E-state index in [1.807, 2.05) is 0 Å². The van der Waals surface area contributed by atoms with Crippen molar-refractivity contribution in [2.75, 3.05) is 0 Å². The molecule has 1 aromatic rings. The van der Waals surface area contributed by atoms with Gasteiger partial charge in [0, 0.05) is 0 Å². The summed E-state index contributed by atoms with van der Waals surface area (Å²) in [5, 5.41) is 12.8. The van der Waals surface area contributed by atoms with Crippen molar-refractivity contribution in [2.45, 2.75) is 12.5 Å². The molecule has 5 nitrogen and oxygen atoms in total. The molecule has 1 N–H and O–H groups in total. The Morgan fingerprint density at radius 2 is 2.38 bits per heavy atom. The molecule has 8 heteroatoms. The molecule has 0 aliphatic rings. The lowest BCUT2D eigenvalue weighted by Crippen LogP contribution is -2.34. The fourth-order valence-corrected chi connectivity index (χ4v) is 0.915. The average Bonchev–Trinajstić information content (AvgIpc) is 2.50. The van der Waals surface area contributed by atoms with Crippen LogP contribution in [0, 0.1) is 0 Å². The number of nitrogens with zero attached hydrogens (tertiary/aromatic N) is 2. The average molecular weight is 210 g/mol. The number of carboxylic acid groups (broad SMARTS) is 1. The molecule has 72 valence electrons. The Bertz CT molecular complexity index is 279. The molecule has 0 fully saturated rings. The van der Waals surface area contributed by atoms with Crippen LogP contribution in [0.2, 0.25) is 0 Å². The minimum atomic E-state index is -3.10. The SMILES string of the molecule is O=C(O)C(Oc1csnn1)C(F)F. The van der Waals surface area contributed by atoms with Crippen LogP contribution in [-0.4, -0.2) is 33.2 Å². The van der Waals surface area contributed by atoms with Crippen LogP contribution in [0.4, 0.5) is 8.78 Å². The Morgan fingerprint density at radius 1 is 1.69 bits per heavy atom. The van der Waals surface area contributed by atoms with Crippen LogP contribution in [0.15, 0.2) is 5.38 Å². The Balaban J connectivity index is 2.63. The quantitative estimate of drug-likeness (QED) is 0.789. The van der Waals surface area contributed by atoms with Gasteiger partial charge in [-0.1, -0.05) is 9.59 Å². The van der Waals surface area contributed by atoms with Crippen molar-refractivity contribution < 1.29 is 23.4 Å². The highest BCUT2D eigenvalue weighted by atomic mass is 32.1. The molecule has 1 unspecified atom stereocenters. The maximum absolute atomic E-state index is 12.0. The first-order valence-electron chi connectivity index (χ1n) is 3.06. The molecule has 1 rings (SSSR count). The number of alkyl halides is 2. The van der Waals surface area contributed by atoms with Gasteiger partial charge in [0.25, 0.3) is 12.5 Å². The summed E-state index contributed by atoms with van der Waals surface area (Å²) in [6.07, 6.45) is -5.29. The molecule has 0 saturated carbocycles. The lowest BCUT2D eigenvalue weighted by molar-refractivity contribution is -0.152. The first kappa shape index (κ1) is 9.78. The first-order valence-corrected chi connectivity index (χ1v) is 3.89. The normalized spacial score (nSPS) is 12.8. The lowest BCUT2D eigenvalue weighted by Gasteiger charge is -2.10. The van der Waals surface area contributed by atoms with Gasteiger partial charge in [0.2, 0.25) is 5.88 Å². The zero-order valence-corrected chi connectivity index (χ0v) is 6.87. The third-order valence-electron chi connectivity index (χ3n) is 1.06. The van der Waals surface area contributed by atoms with Crippen molar-refractivity contribution in [2.24, 2.45) is 0 Å². The minimum absolute atomic E-state index is 0.210. The third kappa shape index (κ3) is 2.58. The zero-order valence-electron chi connectivity index (χ0n) is 6.05. The number of hydrogen-bond acceptors (Lipinski definition) is 5. The van der Waals surface area contributed by atoms with E-state index in [-0.39, 0.29) is 5.88 Å². The van der Waals surface area contributed by atoms with Gasteiger partial charge < -0.3 is 9.84 Å². The van der Waals surface area contributed by atoms with Crippen molar-refractivity contribution >= 4 is 17.5 Å². The maximum atomic E-state index is 12.0. The van der Waals surface area contributed by atoms with Gasteiger partial charge in [-0.25, -0.2) is 13.6 Å². The van der Waals surface area contributed by atoms with Crippen LogP contribution in [0.5, 0.6) is 5.88 Å². The van der Waals surface area contributed by atoms with E-state index in [0.717, 1.165) is 11.5 Å². The standard InChI is InChI=1S/C5H4F2N2O3S/c6-4(7)3(5(10)11)12-2-1-13-9-8-2/h1,3-4H,(H,10,11). The van der Waals surface area contributed by atoms with E-state index in [4.69, 9.17) is 5.11 Å². The monoisotopic (exact) mass is 210 g/mol. The molecule has 0 aromatic carbocycles. The largest absolute Gasteiger partial charge is 0.478 e. The summed E-state index contributed by atoms with van der Waals surface area (Å²) in [5.41, 5.74) is 0. The van der Waals surface area contributed by atoms with Gasteiger partial charge in [-0.2, -0.15) is 0 Å². The molecule has 0 amide bonds. The second-order valence-corrected chi connectivity index (χ2v) is 2.56. The Morgan fingerprint density at radius 3 is 2.77 bits per heavy atom. The van der Waals surface area contributed by atoms with Gasteiger partial charge in [-0.15, -0.1) is 0 Å². The van der Waals surface area contributed by atoms with Gasteiger partial charge in [0.15, 0.2) is 0 Å². The molecule has 0 saturated heterocycles. The number of aromatic nitrogens is 2. The molecule has 0 spiro atoms. The number of carbonyl (C=O) groups is 1.